The molecule has 0 atom stereocenters. The molecule has 1 aromatic heterocycles. The number of sulfonamides is 1. The molecule has 3 aromatic rings. The Kier molecular flexibility index (Phi) is 6.05. The van der Waals surface area contributed by atoms with E-state index in [9.17, 15) is 13.2 Å². The lowest BCUT2D eigenvalue weighted by Crippen LogP contribution is -2.27. The smallest absolute Gasteiger partial charge is 0.243 e. The van der Waals surface area contributed by atoms with Crippen molar-refractivity contribution in [3.05, 3.63) is 93.5 Å². The standard InChI is InChI=1S/C25H26N2O5S/c28-24-13-22(16-26-14-20-5-1-2-6-21(20)15-26)31-18-25(24)32-17-19-7-9-23(10-8-19)33(29,30)27-11-3-4-12-27/h1-2,5-10,13,18H,3-4,11-12,14-17H2. The molecule has 0 radical (unpaired) electrons. The molecular weight excluding hydrogens is 440 g/mol. The Morgan fingerprint density at radius 1 is 0.939 bits per heavy atom. The van der Waals surface area contributed by atoms with Crippen molar-refractivity contribution < 1.29 is 17.6 Å². The molecule has 0 saturated carbocycles. The molecular formula is C25H26N2O5S. The minimum Gasteiger partial charge on any atom is -0.482 e. The molecule has 8 heteroatoms. The summed E-state index contributed by atoms with van der Waals surface area (Å²) >= 11 is 0. The summed E-state index contributed by atoms with van der Waals surface area (Å²) in [6, 6.07) is 16.4. The molecule has 0 unspecified atom stereocenters. The number of hydrogen-bond acceptors (Lipinski definition) is 6. The van der Waals surface area contributed by atoms with Gasteiger partial charge < -0.3 is 9.15 Å². The minimum absolute atomic E-state index is 0.136. The summed E-state index contributed by atoms with van der Waals surface area (Å²) in [5, 5.41) is 0. The summed E-state index contributed by atoms with van der Waals surface area (Å²) in [5.74, 6) is 0.730. The van der Waals surface area contributed by atoms with Crippen molar-refractivity contribution in [2.24, 2.45) is 0 Å². The van der Waals surface area contributed by atoms with Gasteiger partial charge in [0.15, 0.2) is 0 Å². The number of hydrogen-bond donors (Lipinski definition) is 0. The van der Waals surface area contributed by atoms with Gasteiger partial charge in [-0.05, 0) is 41.7 Å². The molecule has 2 aliphatic rings. The van der Waals surface area contributed by atoms with Crippen molar-refractivity contribution in [1.29, 1.82) is 0 Å². The quantitative estimate of drug-likeness (QED) is 0.530. The molecule has 3 heterocycles. The SMILES string of the molecule is O=c1cc(CN2Cc3ccccc3C2)occ1OCc1ccc(S(=O)(=O)N2CCCC2)cc1. The molecule has 33 heavy (non-hydrogen) atoms. The second kappa shape index (κ2) is 9.13. The van der Waals surface area contributed by atoms with Gasteiger partial charge in [-0.15, -0.1) is 0 Å². The van der Waals surface area contributed by atoms with E-state index >= 15 is 0 Å². The molecule has 0 N–H and O–H groups in total. The lowest BCUT2D eigenvalue weighted by molar-refractivity contribution is 0.241. The van der Waals surface area contributed by atoms with Crippen LogP contribution < -0.4 is 10.2 Å². The summed E-state index contributed by atoms with van der Waals surface area (Å²) in [7, 11) is -3.44. The Balaban J connectivity index is 1.19. The van der Waals surface area contributed by atoms with Crippen LogP contribution in [-0.4, -0.2) is 30.7 Å². The normalized spacial score (nSPS) is 16.7. The summed E-state index contributed by atoms with van der Waals surface area (Å²) in [4.78, 5) is 15.0. The average Bonchev–Trinajstić information content (AvgIpc) is 3.49. The van der Waals surface area contributed by atoms with Crippen LogP contribution in [0, 0.1) is 0 Å². The molecule has 2 aromatic carbocycles. The number of benzene rings is 2. The van der Waals surface area contributed by atoms with Crippen molar-refractivity contribution in [1.82, 2.24) is 9.21 Å². The van der Waals surface area contributed by atoms with Gasteiger partial charge in [-0.1, -0.05) is 36.4 Å². The highest BCUT2D eigenvalue weighted by molar-refractivity contribution is 7.89. The zero-order chi connectivity index (χ0) is 22.8. The van der Waals surface area contributed by atoms with E-state index in [2.05, 4.69) is 17.0 Å². The van der Waals surface area contributed by atoms with Gasteiger partial charge in [0.05, 0.1) is 11.4 Å². The molecule has 0 spiro atoms. The summed E-state index contributed by atoms with van der Waals surface area (Å²) < 4.78 is 38.1. The summed E-state index contributed by atoms with van der Waals surface area (Å²) in [6.07, 6.45) is 3.16. The van der Waals surface area contributed by atoms with Gasteiger partial charge in [-0.2, -0.15) is 4.31 Å². The summed E-state index contributed by atoms with van der Waals surface area (Å²) in [5.41, 5.74) is 3.15. The van der Waals surface area contributed by atoms with Gasteiger partial charge in [0, 0.05) is 32.2 Å². The molecule has 1 saturated heterocycles. The largest absolute Gasteiger partial charge is 0.482 e. The van der Waals surface area contributed by atoms with Gasteiger partial charge in [-0.25, -0.2) is 8.42 Å². The second-order valence-corrected chi connectivity index (χ2v) is 10.5. The fraction of sp³-hybridized carbons (Fsp3) is 0.320. The average molecular weight is 467 g/mol. The second-order valence-electron chi connectivity index (χ2n) is 8.53. The Morgan fingerprint density at radius 3 is 2.24 bits per heavy atom. The van der Waals surface area contributed by atoms with Crippen LogP contribution in [0.3, 0.4) is 0 Å². The topological polar surface area (TPSA) is 80.1 Å². The highest BCUT2D eigenvalue weighted by Gasteiger charge is 2.27. The van der Waals surface area contributed by atoms with Crippen LogP contribution >= 0.6 is 0 Å². The van der Waals surface area contributed by atoms with Crippen LogP contribution in [-0.2, 0) is 36.3 Å². The maximum atomic E-state index is 12.6. The zero-order valence-electron chi connectivity index (χ0n) is 18.3. The molecule has 172 valence electrons. The first-order valence-electron chi connectivity index (χ1n) is 11.1. The van der Waals surface area contributed by atoms with Crippen molar-refractivity contribution >= 4 is 10.0 Å². The first kappa shape index (κ1) is 21.9. The van der Waals surface area contributed by atoms with E-state index in [-0.39, 0.29) is 22.7 Å². The molecule has 0 bridgehead atoms. The van der Waals surface area contributed by atoms with Crippen molar-refractivity contribution in [2.75, 3.05) is 13.1 Å². The van der Waals surface area contributed by atoms with Gasteiger partial charge >= 0.3 is 0 Å². The predicted molar refractivity (Wildman–Crippen MR) is 123 cm³/mol. The third-order valence-corrected chi connectivity index (χ3v) is 8.07. The Bertz CT molecular complexity index is 1270. The van der Waals surface area contributed by atoms with E-state index in [0.29, 0.717) is 25.4 Å². The molecule has 0 amide bonds. The molecule has 5 rings (SSSR count). The van der Waals surface area contributed by atoms with E-state index in [0.717, 1.165) is 31.5 Å². The lowest BCUT2D eigenvalue weighted by Gasteiger charge is -2.15. The number of nitrogens with zero attached hydrogens (tertiary/aromatic N) is 2. The zero-order valence-corrected chi connectivity index (χ0v) is 19.1. The first-order valence-corrected chi connectivity index (χ1v) is 12.6. The number of ether oxygens (including phenoxy) is 1. The highest BCUT2D eigenvalue weighted by Crippen LogP contribution is 2.24. The Morgan fingerprint density at radius 2 is 1.61 bits per heavy atom. The van der Waals surface area contributed by atoms with Crippen molar-refractivity contribution in [3.8, 4) is 5.75 Å². The Labute approximate surface area is 193 Å². The van der Waals surface area contributed by atoms with Gasteiger partial charge in [0.2, 0.25) is 21.2 Å². The molecule has 1 fully saturated rings. The number of rotatable bonds is 7. The molecule has 0 aliphatic carbocycles. The van der Waals surface area contributed by atoms with E-state index < -0.39 is 10.0 Å². The van der Waals surface area contributed by atoms with Gasteiger partial charge in [0.1, 0.15) is 18.6 Å². The third kappa shape index (κ3) is 4.73. The third-order valence-electron chi connectivity index (χ3n) is 6.16. The van der Waals surface area contributed by atoms with Crippen molar-refractivity contribution in [2.45, 2.75) is 44.0 Å². The van der Waals surface area contributed by atoms with E-state index in [4.69, 9.17) is 9.15 Å². The van der Waals surface area contributed by atoms with E-state index in [1.165, 1.54) is 27.8 Å². The molecule has 2 aliphatic heterocycles. The lowest BCUT2D eigenvalue weighted by atomic mass is 10.1. The van der Waals surface area contributed by atoms with Crippen molar-refractivity contribution in [3.63, 3.8) is 0 Å². The predicted octanol–water partition coefficient (Wildman–Crippen LogP) is 3.52. The minimum atomic E-state index is -3.44. The van der Waals surface area contributed by atoms with Gasteiger partial charge in [0.25, 0.3) is 0 Å². The fourth-order valence-corrected chi connectivity index (χ4v) is 5.88. The van der Waals surface area contributed by atoms with Gasteiger partial charge in [-0.3, -0.25) is 9.69 Å². The first-order chi connectivity index (χ1) is 16.0. The summed E-state index contributed by atoms with van der Waals surface area (Å²) in [6.45, 7) is 3.52. The van der Waals surface area contributed by atoms with Crippen LogP contribution in [0.4, 0.5) is 0 Å². The van der Waals surface area contributed by atoms with Crippen LogP contribution in [0.15, 0.2) is 75.0 Å². The Hall–Kier alpha value is -2.94. The van der Waals surface area contributed by atoms with Crippen LogP contribution in [0.25, 0.3) is 0 Å². The number of fused-ring (bicyclic) bond motifs is 1. The van der Waals surface area contributed by atoms with E-state index in [1.807, 2.05) is 12.1 Å². The van der Waals surface area contributed by atoms with Crippen LogP contribution in [0.1, 0.15) is 35.3 Å². The van der Waals surface area contributed by atoms with E-state index in [1.54, 1.807) is 24.3 Å². The van der Waals surface area contributed by atoms with Crippen LogP contribution in [0.2, 0.25) is 0 Å². The monoisotopic (exact) mass is 466 g/mol. The fourth-order valence-electron chi connectivity index (χ4n) is 4.36. The van der Waals surface area contributed by atoms with Crippen LogP contribution in [0.5, 0.6) is 5.75 Å². The maximum absolute atomic E-state index is 12.6. The maximum Gasteiger partial charge on any atom is 0.243 e. The highest BCUT2D eigenvalue weighted by atomic mass is 32.2. The molecule has 7 nitrogen and oxygen atoms in total.